The number of sulfonamides is 1. The highest BCUT2D eigenvalue weighted by molar-refractivity contribution is 7.89. The van der Waals surface area contributed by atoms with Gasteiger partial charge in [-0.15, -0.1) is 11.3 Å². The largest absolute Gasteiger partial charge is 0.497 e. The van der Waals surface area contributed by atoms with Crippen molar-refractivity contribution in [3.05, 3.63) is 76.5 Å². The van der Waals surface area contributed by atoms with Crippen molar-refractivity contribution in [2.24, 2.45) is 0 Å². The summed E-state index contributed by atoms with van der Waals surface area (Å²) in [5.41, 5.74) is 2.49. The van der Waals surface area contributed by atoms with E-state index in [1.54, 1.807) is 42.7 Å². The minimum Gasteiger partial charge on any atom is -0.497 e. The topological polar surface area (TPSA) is 58.6 Å². The Morgan fingerprint density at radius 3 is 2.61 bits per heavy atom. The Labute approximate surface area is 169 Å². The quantitative estimate of drug-likeness (QED) is 0.638. The minimum atomic E-state index is -3.61. The molecule has 7 heteroatoms. The molecule has 0 saturated heterocycles. The van der Waals surface area contributed by atoms with Crippen molar-refractivity contribution in [1.29, 1.82) is 0 Å². The molecule has 5 nitrogen and oxygen atoms in total. The van der Waals surface area contributed by atoms with Crippen molar-refractivity contribution in [3.8, 4) is 5.75 Å². The number of rotatable bonds is 7. The molecule has 1 aliphatic heterocycles. The first-order valence-corrected chi connectivity index (χ1v) is 11.5. The zero-order chi connectivity index (χ0) is 19.6. The average molecular weight is 415 g/mol. The van der Waals surface area contributed by atoms with E-state index in [9.17, 15) is 8.42 Å². The molecule has 146 valence electrons. The van der Waals surface area contributed by atoms with Gasteiger partial charge in [0.1, 0.15) is 5.75 Å². The number of methoxy groups -OCH3 is 1. The molecule has 0 saturated carbocycles. The lowest BCUT2D eigenvalue weighted by atomic mass is 10.1. The minimum absolute atomic E-state index is 0.0447. The van der Waals surface area contributed by atoms with Gasteiger partial charge in [0.15, 0.2) is 0 Å². The van der Waals surface area contributed by atoms with Crippen LogP contribution in [0.25, 0.3) is 0 Å². The lowest BCUT2D eigenvalue weighted by molar-refractivity contribution is 0.414. The van der Waals surface area contributed by atoms with Crippen molar-refractivity contribution in [2.75, 3.05) is 25.1 Å². The molecule has 1 atom stereocenters. The van der Waals surface area contributed by atoms with E-state index in [2.05, 4.69) is 33.9 Å². The van der Waals surface area contributed by atoms with Crippen LogP contribution in [0.1, 0.15) is 16.5 Å². The van der Waals surface area contributed by atoms with Crippen molar-refractivity contribution in [1.82, 2.24) is 4.72 Å². The normalized spacial score (nSPS) is 14.7. The maximum absolute atomic E-state index is 12.8. The molecule has 1 N–H and O–H groups in total. The number of hydrogen-bond acceptors (Lipinski definition) is 5. The standard InChI is InChI=1S/C21H22N2O3S2/c1-26-17-8-10-18(11-9-17)28(24,25)22-15-20(21-7-4-14-27-21)23-13-12-16-5-2-3-6-19(16)23/h2-11,14,20,22H,12-13,15H2,1H3/t20-/m0/s1. The Hall–Kier alpha value is -2.35. The summed E-state index contributed by atoms with van der Waals surface area (Å²) in [7, 11) is -2.05. The molecule has 0 fully saturated rings. The van der Waals surface area contributed by atoms with Crippen molar-refractivity contribution in [3.63, 3.8) is 0 Å². The Kier molecular flexibility index (Phi) is 5.39. The summed E-state index contributed by atoms with van der Waals surface area (Å²) in [6, 6.07) is 18.8. The van der Waals surface area contributed by atoms with Crippen LogP contribution in [0.5, 0.6) is 5.75 Å². The second-order valence-corrected chi connectivity index (χ2v) is 9.38. The highest BCUT2D eigenvalue weighted by Gasteiger charge is 2.29. The maximum Gasteiger partial charge on any atom is 0.240 e. The fraction of sp³-hybridized carbons (Fsp3) is 0.238. The number of ether oxygens (including phenoxy) is 1. The Morgan fingerprint density at radius 1 is 1.11 bits per heavy atom. The second-order valence-electron chi connectivity index (χ2n) is 6.63. The zero-order valence-electron chi connectivity index (χ0n) is 15.5. The molecule has 28 heavy (non-hydrogen) atoms. The van der Waals surface area contributed by atoms with Gasteiger partial charge in [-0.2, -0.15) is 0 Å². The number of anilines is 1. The number of benzene rings is 2. The average Bonchev–Trinajstić information content (AvgIpc) is 3.39. The van der Waals surface area contributed by atoms with E-state index in [1.165, 1.54) is 11.3 Å². The molecule has 1 aromatic heterocycles. The van der Waals surface area contributed by atoms with E-state index in [4.69, 9.17) is 4.74 Å². The van der Waals surface area contributed by atoms with Gasteiger partial charge in [-0.1, -0.05) is 24.3 Å². The summed E-state index contributed by atoms with van der Waals surface area (Å²) in [4.78, 5) is 3.69. The highest BCUT2D eigenvalue weighted by Crippen LogP contribution is 2.36. The SMILES string of the molecule is COc1ccc(S(=O)(=O)NC[C@@H](c2cccs2)N2CCc3ccccc32)cc1. The summed E-state index contributed by atoms with van der Waals surface area (Å²) >= 11 is 1.65. The van der Waals surface area contributed by atoms with Gasteiger partial charge in [0, 0.05) is 23.7 Å². The van der Waals surface area contributed by atoms with Gasteiger partial charge in [-0.25, -0.2) is 13.1 Å². The van der Waals surface area contributed by atoms with Crippen LogP contribution >= 0.6 is 11.3 Å². The fourth-order valence-corrected chi connectivity index (χ4v) is 5.44. The van der Waals surface area contributed by atoms with E-state index in [-0.39, 0.29) is 10.9 Å². The molecular weight excluding hydrogens is 392 g/mol. The van der Waals surface area contributed by atoms with Crippen molar-refractivity contribution >= 4 is 27.0 Å². The van der Waals surface area contributed by atoms with E-state index >= 15 is 0 Å². The summed E-state index contributed by atoms with van der Waals surface area (Å²) in [6.07, 6.45) is 0.975. The molecule has 0 aliphatic carbocycles. The maximum atomic E-state index is 12.8. The van der Waals surface area contributed by atoms with E-state index < -0.39 is 10.0 Å². The number of thiophene rings is 1. The van der Waals surface area contributed by atoms with Crippen LogP contribution in [-0.4, -0.2) is 28.6 Å². The third kappa shape index (κ3) is 3.78. The third-order valence-electron chi connectivity index (χ3n) is 5.01. The summed E-state index contributed by atoms with van der Waals surface area (Å²) in [6.45, 7) is 1.19. The summed E-state index contributed by atoms with van der Waals surface area (Å²) in [5.74, 6) is 0.629. The molecule has 2 aromatic carbocycles. The highest BCUT2D eigenvalue weighted by atomic mass is 32.2. The molecule has 0 spiro atoms. The van der Waals surface area contributed by atoms with Gasteiger partial charge < -0.3 is 9.64 Å². The number of nitrogens with one attached hydrogen (secondary N) is 1. The van der Waals surface area contributed by atoms with Crippen molar-refractivity contribution < 1.29 is 13.2 Å². The van der Waals surface area contributed by atoms with Gasteiger partial charge in [-0.3, -0.25) is 0 Å². The number of para-hydroxylation sites is 1. The Bertz CT molecular complexity index is 1030. The number of nitrogens with zero attached hydrogens (tertiary/aromatic N) is 1. The molecule has 3 aromatic rings. The lowest BCUT2D eigenvalue weighted by Gasteiger charge is -2.30. The number of fused-ring (bicyclic) bond motifs is 1. The lowest BCUT2D eigenvalue weighted by Crippen LogP contribution is -2.37. The predicted molar refractivity (Wildman–Crippen MR) is 113 cm³/mol. The second kappa shape index (κ2) is 7.95. The van der Waals surface area contributed by atoms with E-state index in [0.717, 1.165) is 17.8 Å². The van der Waals surface area contributed by atoms with Crippen LogP contribution in [0.3, 0.4) is 0 Å². The van der Waals surface area contributed by atoms with Crippen LogP contribution in [0.15, 0.2) is 70.9 Å². The van der Waals surface area contributed by atoms with E-state index in [0.29, 0.717) is 12.3 Å². The monoisotopic (exact) mass is 414 g/mol. The molecule has 4 rings (SSSR count). The molecule has 0 bridgehead atoms. The number of hydrogen-bond donors (Lipinski definition) is 1. The van der Waals surface area contributed by atoms with Crippen LogP contribution in [-0.2, 0) is 16.4 Å². The van der Waals surface area contributed by atoms with Crippen LogP contribution < -0.4 is 14.4 Å². The smallest absolute Gasteiger partial charge is 0.240 e. The van der Waals surface area contributed by atoms with Crippen LogP contribution in [0, 0.1) is 0 Å². The molecule has 0 amide bonds. The molecule has 2 heterocycles. The molecule has 1 aliphatic rings. The van der Waals surface area contributed by atoms with Crippen molar-refractivity contribution in [2.45, 2.75) is 17.4 Å². The third-order valence-corrected chi connectivity index (χ3v) is 7.42. The van der Waals surface area contributed by atoms with Crippen LogP contribution in [0.2, 0.25) is 0 Å². The van der Waals surface area contributed by atoms with Gasteiger partial charge in [-0.05, 0) is 53.8 Å². The fourth-order valence-electron chi connectivity index (χ4n) is 3.56. The van der Waals surface area contributed by atoms with E-state index in [1.807, 2.05) is 17.5 Å². The summed E-state index contributed by atoms with van der Waals surface area (Å²) < 4.78 is 33.5. The first kappa shape index (κ1) is 19.0. The zero-order valence-corrected chi connectivity index (χ0v) is 17.2. The molecule has 0 unspecified atom stereocenters. The van der Waals surface area contributed by atoms with Gasteiger partial charge >= 0.3 is 0 Å². The molecular formula is C21H22N2O3S2. The predicted octanol–water partition coefficient (Wildman–Crippen LogP) is 3.84. The molecule has 0 radical (unpaired) electrons. The summed E-state index contributed by atoms with van der Waals surface area (Å²) in [5, 5.41) is 2.03. The first-order valence-electron chi connectivity index (χ1n) is 9.10. The van der Waals surface area contributed by atoms with Gasteiger partial charge in [0.05, 0.1) is 18.0 Å². The first-order chi connectivity index (χ1) is 13.6. The Balaban J connectivity index is 1.57. The Morgan fingerprint density at radius 2 is 1.89 bits per heavy atom. The van der Waals surface area contributed by atoms with Gasteiger partial charge in [0.25, 0.3) is 0 Å². The van der Waals surface area contributed by atoms with Gasteiger partial charge in [0.2, 0.25) is 10.0 Å². The van der Waals surface area contributed by atoms with Crippen LogP contribution in [0.4, 0.5) is 5.69 Å².